The first-order valence-electron chi connectivity index (χ1n) is 15.2. The maximum Gasteiger partial charge on any atom is 0.243 e. The number of aromatic nitrogens is 1. The fraction of sp³-hybridized carbons (Fsp3) is 0.438. The van der Waals surface area contributed by atoms with E-state index in [1.807, 2.05) is 0 Å². The van der Waals surface area contributed by atoms with E-state index in [2.05, 4.69) is 15.6 Å². The molecule has 0 radical (unpaired) electrons. The summed E-state index contributed by atoms with van der Waals surface area (Å²) in [6, 6.07) is 8.66. The molecule has 0 spiro atoms. The summed E-state index contributed by atoms with van der Waals surface area (Å²) in [4.78, 5) is 46.3. The summed E-state index contributed by atoms with van der Waals surface area (Å²) in [6.45, 7) is 1.93. The van der Waals surface area contributed by atoms with E-state index in [1.165, 1.54) is 18.1 Å². The maximum absolute atomic E-state index is 13.6. The molecule has 3 amide bonds. The third-order valence-electron chi connectivity index (χ3n) is 8.80. The second kappa shape index (κ2) is 12.7. The molecule has 0 saturated carbocycles. The Labute approximate surface area is 266 Å². The van der Waals surface area contributed by atoms with Gasteiger partial charge in [0.2, 0.25) is 23.6 Å². The van der Waals surface area contributed by atoms with Gasteiger partial charge in [-0.05, 0) is 68.5 Å². The van der Waals surface area contributed by atoms with Crippen molar-refractivity contribution in [1.29, 1.82) is 0 Å². The molecule has 1 aromatic heterocycles. The second-order valence-electron chi connectivity index (χ2n) is 11.9. The van der Waals surface area contributed by atoms with Crippen LogP contribution in [0.15, 0.2) is 40.8 Å². The molecule has 3 N–H and O–H groups in total. The number of nitrogens with one attached hydrogen (secondary N) is 2. The molecule has 4 heterocycles. The zero-order chi connectivity index (χ0) is 32.6. The van der Waals surface area contributed by atoms with E-state index in [0.29, 0.717) is 40.8 Å². The van der Waals surface area contributed by atoms with E-state index < -0.39 is 27.8 Å². The lowest BCUT2D eigenvalue weighted by atomic mass is 10.0. The van der Waals surface area contributed by atoms with Crippen LogP contribution in [0.5, 0.6) is 23.0 Å². The third-order valence-corrected chi connectivity index (χ3v) is 10.5. The van der Waals surface area contributed by atoms with E-state index in [9.17, 15) is 27.9 Å². The molecular formula is C32H36N4O9S. The number of amides is 3. The summed E-state index contributed by atoms with van der Waals surface area (Å²) in [5.74, 6) is 0.188. The van der Waals surface area contributed by atoms with Gasteiger partial charge in [-0.15, -0.1) is 0 Å². The molecule has 0 aliphatic carbocycles. The lowest BCUT2D eigenvalue weighted by Gasteiger charge is -2.24. The highest BCUT2D eigenvalue weighted by Crippen LogP contribution is 2.39. The van der Waals surface area contributed by atoms with Gasteiger partial charge in [0.1, 0.15) is 27.3 Å². The zero-order valence-electron chi connectivity index (χ0n) is 25.6. The average Bonchev–Trinajstić information content (AvgIpc) is 3.62. The maximum atomic E-state index is 13.6. The highest BCUT2D eigenvalue weighted by atomic mass is 32.2. The van der Waals surface area contributed by atoms with Gasteiger partial charge in [-0.25, -0.2) is 13.4 Å². The number of sulfone groups is 1. The van der Waals surface area contributed by atoms with Crippen molar-refractivity contribution in [3.8, 4) is 34.5 Å². The predicted octanol–water partition coefficient (Wildman–Crippen LogP) is 2.63. The van der Waals surface area contributed by atoms with Gasteiger partial charge in [-0.3, -0.25) is 14.4 Å². The number of aryl methyl sites for hydroxylation is 2. The smallest absolute Gasteiger partial charge is 0.243 e. The molecule has 3 aliphatic rings. The Kier molecular flexibility index (Phi) is 8.64. The second-order valence-corrected chi connectivity index (χ2v) is 14.2. The number of methoxy groups -OCH3 is 1. The Balaban J connectivity index is 1.27. The largest absolute Gasteiger partial charge is 0.504 e. The number of hydrogen-bond acceptors (Lipinski definition) is 10. The van der Waals surface area contributed by atoms with Crippen LogP contribution in [0, 0.1) is 12.8 Å². The van der Waals surface area contributed by atoms with Crippen molar-refractivity contribution < 1.29 is 41.8 Å². The molecule has 6 bridgehead atoms. The van der Waals surface area contributed by atoms with Gasteiger partial charge in [0.05, 0.1) is 25.2 Å². The highest BCUT2D eigenvalue weighted by Gasteiger charge is 2.41. The Hall–Kier alpha value is -4.59. The molecule has 0 unspecified atom stereocenters. The zero-order valence-corrected chi connectivity index (χ0v) is 26.4. The number of carbonyl (C=O) groups excluding carboxylic acids is 3. The molecule has 3 aromatic rings. The van der Waals surface area contributed by atoms with Crippen LogP contribution in [0.3, 0.4) is 0 Å². The molecule has 2 fully saturated rings. The lowest BCUT2D eigenvalue weighted by Crippen LogP contribution is -2.46. The van der Waals surface area contributed by atoms with E-state index in [-0.39, 0.29) is 79.5 Å². The van der Waals surface area contributed by atoms with Gasteiger partial charge in [-0.1, -0.05) is 6.07 Å². The van der Waals surface area contributed by atoms with Gasteiger partial charge in [0, 0.05) is 30.5 Å². The van der Waals surface area contributed by atoms with Crippen molar-refractivity contribution in [1.82, 2.24) is 20.5 Å². The van der Waals surface area contributed by atoms with Crippen LogP contribution < -0.4 is 20.1 Å². The first-order valence-corrected chi connectivity index (χ1v) is 17.0. The van der Waals surface area contributed by atoms with Crippen molar-refractivity contribution in [2.75, 3.05) is 25.2 Å². The highest BCUT2D eigenvalue weighted by molar-refractivity contribution is 7.91. The standard InChI is InChI=1S/C32H36N4O9S/c1-18-23-16-33-31(40)24-15-22(34-30(39)20-9-11-46(41,42)12-10-20)17-36(24)29(38)8-4-19-3-6-25(37)27(13-19)45-28-14-21(32(35-23)44-18)5-7-26(28)43-2/h3,5-7,13-14,20,22,24,37H,4,8-12,15-17H2,1-2H3,(H,33,40)(H,34,39)/t22-,24-/m0/s1. The van der Waals surface area contributed by atoms with Crippen LogP contribution in [0.2, 0.25) is 0 Å². The molecule has 244 valence electrons. The monoisotopic (exact) mass is 652 g/mol. The summed E-state index contributed by atoms with van der Waals surface area (Å²) in [5, 5.41) is 16.4. The number of phenolic OH excluding ortho intramolecular Hbond substituents is 1. The normalized spacial score (nSPS) is 21.7. The summed E-state index contributed by atoms with van der Waals surface area (Å²) in [7, 11) is -1.62. The lowest BCUT2D eigenvalue weighted by molar-refractivity contribution is -0.138. The molecule has 3 aliphatic heterocycles. The van der Waals surface area contributed by atoms with Crippen molar-refractivity contribution in [3.63, 3.8) is 0 Å². The number of phenols is 1. The molecule has 2 aromatic carbocycles. The van der Waals surface area contributed by atoms with Crippen molar-refractivity contribution in [3.05, 3.63) is 53.4 Å². The fourth-order valence-corrected chi connectivity index (χ4v) is 7.63. The van der Waals surface area contributed by atoms with E-state index in [4.69, 9.17) is 13.9 Å². The average molecular weight is 653 g/mol. The first kappa shape index (κ1) is 31.4. The number of oxazole rings is 1. The van der Waals surface area contributed by atoms with E-state index >= 15 is 0 Å². The number of rotatable bonds is 3. The van der Waals surface area contributed by atoms with Crippen LogP contribution in [0.4, 0.5) is 0 Å². The van der Waals surface area contributed by atoms with Gasteiger partial charge in [0.25, 0.3) is 0 Å². The Morgan fingerprint density at radius 3 is 2.65 bits per heavy atom. The van der Waals surface area contributed by atoms with Gasteiger partial charge in [-0.2, -0.15) is 0 Å². The van der Waals surface area contributed by atoms with Crippen LogP contribution >= 0.6 is 0 Å². The summed E-state index contributed by atoms with van der Waals surface area (Å²) < 4.78 is 41.1. The third kappa shape index (κ3) is 6.66. The molecule has 46 heavy (non-hydrogen) atoms. The molecule has 2 atom stereocenters. The number of nitrogens with zero attached hydrogens (tertiary/aromatic N) is 2. The Morgan fingerprint density at radius 2 is 1.89 bits per heavy atom. The van der Waals surface area contributed by atoms with Crippen LogP contribution in [0.25, 0.3) is 11.5 Å². The Bertz CT molecular complexity index is 1770. The summed E-state index contributed by atoms with van der Waals surface area (Å²) >= 11 is 0. The number of ether oxygens (including phenoxy) is 2. The van der Waals surface area contributed by atoms with Crippen molar-refractivity contribution in [2.24, 2.45) is 5.92 Å². The minimum absolute atomic E-state index is 0.0305. The summed E-state index contributed by atoms with van der Waals surface area (Å²) in [6.07, 6.45) is 1.09. The number of carbonyl (C=O) groups is 3. The quantitative estimate of drug-likeness (QED) is 0.381. The molecule has 14 heteroatoms. The summed E-state index contributed by atoms with van der Waals surface area (Å²) in [5.41, 5.74) is 1.82. The predicted molar refractivity (Wildman–Crippen MR) is 165 cm³/mol. The minimum atomic E-state index is -3.12. The van der Waals surface area contributed by atoms with Crippen LogP contribution in [0.1, 0.15) is 42.7 Å². The molecular weight excluding hydrogens is 616 g/mol. The van der Waals surface area contributed by atoms with Crippen molar-refractivity contribution in [2.45, 2.75) is 57.7 Å². The van der Waals surface area contributed by atoms with E-state index in [0.717, 1.165) is 5.56 Å². The molecule has 6 rings (SSSR count). The SMILES string of the molecule is COc1ccc2cc1Oc1cc(ccc1O)CCC(=O)N1C[C@@H](NC(=O)C3CCS(=O)(=O)CC3)C[C@H]1C(=O)NCc1nc-2oc1C. The topological polar surface area (TPSA) is 177 Å². The van der Waals surface area contributed by atoms with E-state index in [1.54, 1.807) is 37.3 Å². The number of aromatic hydroxyl groups is 1. The van der Waals surface area contributed by atoms with Crippen molar-refractivity contribution >= 4 is 27.6 Å². The van der Waals surface area contributed by atoms with Gasteiger partial charge in [0.15, 0.2) is 23.0 Å². The van der Waals surface area contributed by atoms with Crippen LogP contribution in [-0.2, 0) is 37.2 Å². The van der Waals surface area contributed by atoms with Gasteiger partial charge < -0.3 is 34.5 Å². The fourth-order valence-electron chi connectivity index (χ4n) is 6.14. The number of fused-ring (bicyclic) bond motifs is 8. The number of hydrogen-bond donors (Lipinski definition) is 3. The number of benzene rings is 2. The minimum Gasteiger partial charge on any atom is -0.504 e. The Morgan fingerprint density at radius 1 is 1.11 bits per heavy atom. The van der Waals surface area contributed by atoms with Gasteiger partial charge >= 0.3 is 0 Å². The molecule has 13 nitrogen and oxygen atoms in total. The van der Waals surface area contributed by atoms with Crippen LogP contribution in [-0.4, -0.2) is 78.4 Å². The first-order chi connectivity index (χ1) is 22.0. The molecule has 2 saturated heterocycles.